The summed E-state index contributed by atoms with van der Waals surface area (Å²) in [5.74, 6) is 0.672. The monoisotopic (exact) mass is 464 g/mol. The van der Waals surface area contributed by atoms with E-state index in [0.29, 0.717) is 32.1 Å². The van der Waals surface area contributed by atoms with Crippen LogP contribution in [-0.4, -0.2) is 57.3 Å². The molecule has 1 saturated heterocycles. The first-order valence-electron chi connectivity index (χ1n) is 11.6. The van der Waals surface area contributed by atoms with Gasteiger partial charge in [0.25, 0.3) is 5.91 Å². The minimum atomic E-state index is 0.0405. The molecule has 33 heavy (non-hydrogen) atoms. The summed E-state index contributed by atoms with van der Waals surface area (Å²) in [7, 11) is 0. The maximum Gasteiger partial charge on any atom is 0.255 e. The molecule has 0 saturated carbocycles. The second kappa shape index (κ2) is 9.91. The maximum absolute atomic E-state index is 13.5. The van der Waals surface area contributed by atoms with Crippen molar-refractivity contribution in [3.63, 3.8) is 0 Å². The zero-order valence-electron chi connectivity index (χ0n) is 19.9. The van der Waals surface area contributed by atoms with Gasteiger partial charge in [-0.1, -0.05) is 44.2 Å². The molecule has 1 aliphatic rings. The first-order valence-corrected chi connectivity index (χ1v) is 12.5. The predicted octanol–water partition coefficient (Wildman–Crippen LogP) is 4.94. The fourth-order valence-corrected chi connectivity index (χ4v) is 5.07. The molecule has 4 rings (SSSR count). The van der Waals surface area contributed by atoms with Gasteiger partial charge in [-0.25, -0.2) is 4.98 Å². The van der Waals surface area contributed by atoms with Gasteiger partial charge < -0.3 is 14.4 Å². The minimum absolute atomic E-state index is 0.0405. The Morgan fingerprint density at radius 2 is 1.73 bits per heavy atom. The molecule has 3 aromatic rings. The van der Waals surface area contributed by atoms with Crippen molar-refractivity contribution in [2.45, 2.75) is 40.7 Å². The van der Waals surface area contributed by atoms with Gasteiger partial charge in [-0.15, -0.1) is 11.3 Å². The molecular weight excluding hydrogens is 432 g/mol. The van der Waals surface area contributed by atoms with Crippen LogP contribution >= 0.6 is 11.3 Å². The van der Waals surface area contributed by atoms with Gasteiger partial charge in [0.05, 0.1) is 17.0 Å². The fourth-order valence-electron chi connectivity index (χ4n) is 4.25. The Morgan fingerprint density at radius 3 is 2.36 bits per heavy atom. The summed E-state index contributed by atoms with van der Waals surface area (Å²) >= 11 is 1.63. The Labute approximate surface area is 199 Å². The van der Waals surface area contributed by atoms with Crippen LogP contribution in [0.15, 0.2) is 41.8 Å². The summed E-state index contributed by atoms with van der Waals surface area (Å²) in [6, 6.07) is 12.2. The van der Waals surface area contributed by atoms with E-state index in [2.05, 4.69) is 35.9 Å². The van der Waals surface area contributed by atoms with Crippen LogP contribution in [0, 0.1) is 12.8 Å². The van der Waals surface area contributed by atoms with Crippen LogP contribution in [0.25, 0.3) is 22.0 Å². The van der Waals surface area contributed by atoms with Crippen LogP contribution in [0.5, 0.6) is 0 Å². The molecule has 0 bridgehead atoms. The minimum Gasteiger partial charge on any atom is -0.343 e. The van der Waals surface area contributed by atoms with Crippen LogP contribution in [0.4, 0.5) is 0 Å². The highest BCUT2D eigenvalue weighted by molar-refractivity contribution is 7.13. The molecule has 0 spiro atoms. The highest BCUT2D eigenvalue weighted by Crippen LogP contribution is 2.32. The van der Waals surface area contributed by atoms with Gasteiger partial charge in [-0.2, -0.15) is 0 Å². The van der Waals surface area contributed by atoms with Crippen LogP contribution < -0.4 is 0 Å². The van der Waals surface area contributed by atoms with Crippen molar-refractivity contribution in [3.8, 4) is 22.0 Å². The van der Waals surface area contributed by atoms with Crippen molar-refractivity contribution in [1.82, 2.24) is 19.4 Å². The third kappa shape index (κ3) is 5.03. The summed E-state index contributed by atoms with van der Waals surface area (Å²) in [5, 5.41) is 3.07. The van der Waals surface area contributed by atoms with Crippen molar-refractivity contribution >= 4 is 23.2 Å². The Morgan fingerprint density at radius 1 is 1.06 bits per heavy atom. The highest BCUT2D eigenvalue weighted by Gasteiger charge is 2.27. The largest absolute Gasteiger partial charge is 0.343 e. The Bertz CT molecular complexity index is 1120. The van der Waals surface area contributed by atoms with Crippen molar-refractivity contribution in [1.29, 1.82) is 0 Å². The standard InChI is InChI=1S/C26H32N4O2S/c1-18(2)10-11-30-19(3)22(26(32)29-14-12-28(13-15-29)20(4)31)16-24(30)23-17-33-25(27-23)21-8-6-5-7-9-21/h5-9,16-18H,10-15H2,1-4H3. The molecule has 2 aromatic heterocycles. The van der Waals surface area contributed by atoms with Crippen LogP contribution in [0.3, 0.4) is 0 Å². The molecule has 1 aromatic carbocycles. The number of benzene rings is 1. The molecule has 1 aliphatic heterocycles. The molecule has 0 unspecified atom stereocenters. The van der Waals surface area contributed by atoms with E-state index in [1.54, 1.807) is 23.2 Å². The molecule has 6 nitrogen and oxygen atoms in total. The van der Waals surface area contributed by atoms with Crippen molar-refractivity contribution < 1.29 is 9.59 Å². The zero-order valence-corrected chi connectivity index (χ0v) is 20.7. The van der Waals surface area contributed by atoms with Crippen LogP contribution in [-0.2, 0) is 11.3 Å². The van der Waals surface area contributed by atoms with Gasteiger partial charge in [-0.05, 0) is 25.3 Å². The number of carbonyl (C=O) groups excluding carboxylic acids is 2. The normalized spacial score (nSPS) is 14.2. The number of carbonyl (C=O) groups is 2. The van der Waals surface area contributed by atoms with E-state index in [4.69, 9.17) is 4.98 Å². The second-order valence-electron chi connectivity index (χ2n) is 9.07. The Hall–Kier alpha value is -2.93. The molecule has 7 heteroatoms. The zero-order chi connectivity index (χ0) is 23.5. The highest BCUT2D eigenvalue weighted by atomic mass is 32.1. The van der Waals surface area contributed by atoms with Crippen molar-refractivity contribution in [3.05, 3.63) is 53.0 Å². The van der Waals surface area contributed by atoms with E-state index < -0.39 is 0 Å². The first-order chi connectivity index (χ1) is 15.8. The lowest BCUT2D eigenvalue weighted by Gasteiger charge is -2.34. The third-order valence-electron chi connectivity index (χ3n) is 6.33. The Kier molecular flexibility index (Phi) is 6.98. The first kappa shape index (κ1) is 23.2. The molecule has 174 valence electrons. The van der Waals surface area contributed by atoms with Crippen molar-refractivity contribution in [2.75, 3.05) is 26.2 Å². The number of piperazine rings is 1. The van der Waals surface area contributed by atoms with Gasteiger partial charge in [0, 0.05) is 56.3 Å². The molecule has 0 aliphatic carbocycles. The maximum atomic E-state index is 13.5. The lowest BCUT2D eigenvalue weighted by atomic mass is 10.1. The summed E-state index contributed by atoms with van der Waals surface area (Å²) in [6.45, 7) is 11.2. The van der Waals surface area contributed by atoms with Crippen LogP contribution in [0.2, 0.25) is 0 Å². The Balaban J connectivity index is 1.65. The van der Waals surface area contributed by atoms with E-state index >= 15 is 0 Å². The quantitative estimate of drug-likeness (QED) is 0.519. The summed E-state index contributed by atoms with van der Waals surface area (Å²) in [4.78, 5) is 33.7. The van der Waals surface area contributed by atoms with E-state index in [1.807, 2.05) is 36.1 Å². The van der Waals surface area contributed by atoms with E-state index in [0.717, 1.165) is 46.2 Å². The smallest absolute Gasteiger partial charge is 0.255 e. The molecule has 1 fully saturated rings. The van der Waals surface area contributed by atoms with Gasteiger partial charge in [-0.3, -0.25) is 9.59 Å². The molecule has 2 amide bonds. The molecule has 0 radical (unpaired) electrons. The van der Waals surface area contributed by atoms with Crippen LogP contribution in [0.1, 0.15) is 43.2 Å². The molecule has 0 atom stereocenters. The molecule has 3 heterocycles. The summed E-state index contributed by atoms with van der Waals surface area (Å²) < 4.78 is 2.25. The van der Waals surface area contributed by atoms with Gasteiger partial charge >= 0.3 is 0 Å². The number of nitrogens with zero attached hydrogens (tertiary/aromatic N) is 4. The van der Waals surface area contributed by atoms with Gasteiger partial charge in [0.1, 0.15) is 5.01 Å². The molecule has 0 N–H and O–H groups in total. The molecular formula is C26H32N4O2S. The number of aromatic nitrogens is 2. The summed E-state index contributed by atoms with van der Waals surface area (Å²) in [6.07, 6.45) is 1.03. The van der Waals surface area contributed by atoms with E-state index in [1.165, 1.54) is 0 Å². The number of hydrogen-bond donors (Lipinski definition) is 0. The topological polar surface area (TPSA) is 58.4 Å². The van der Waals surface area contributed by atoms with Gasteiger partial charge in [0.15, 0.2) is 0 Å². The van der Waals surface area contributed by atoms with Crippen molar-refractivity contribution in [2.24, 2.45) is 5.92 Å². The third-order valence-corrected chi connectivity index (χ3v) is 7.22. The number of hydrogen-bond acceptors (Lipinski definition) is 4. The van der Waals surface area contributed by atoms with E-state index in [-0.39, 0.29) is 11.8 Å². The fraction of sp³-hybridized carbons (Fsp3) is 0.423. The lowest BCUT2D eigenvalue weighted by Crippen LogP contribution is -2.50. The second-order valence-corrected chi connectivity index (χ2v) is 9.92. The van der Waals surface area contributed by atoms with Gasteiger partial charge in [0.2, 0.25) is 5.91 Å². The number of thiazole rings is 1. The average molecular weight is 465 g/mol. The predicted molar refractivity (Wildman–Crippen MR) is 133 cm³/mol. The summed E-state index contributed by atoms with van der Waals surface area (Å²) in [5.41, 5.74) is 4.73. The average Bonchev–Trinajstić information content (AvgIpc) is 3.42. The lowest BCUT2D eigenvalue weighted by molar-refractivity contribution is -0.130. The number of amides is 2. The van der Waals surface area contributed by atoms with E-state index in [9.17, 15) is 9.59 Å². The number of rotatable bonds is 6. The SMILES string of the molecule is CC(=O)N1CCN(C(=O)c2cc(-c3csc(-c4ccccc4)n3)n(CCC(C)C)c2C)CC1.